The fraction of sp³-hybridized carbons (Fsp3) is 0.429. The number of ether oxygens (including phenoxy) is 1. The molecule has 0 bridgehead atoms. The Morgan fingerprint density at radius 1 is 1.07 bits per heavy atom. The molecule has 2 aromatic carbocycles. The van der Waals surface area contributed by atoms with Crippen molar-refractivity contribution in [2.24, 2.45) is 0 Å². The van der Waals surface area contributed by atoms with E-state index in [1.165, 1.54) is 12.8 Å². The Balaban J connectivity index is 1.77. The van der Waals surface area contributed by atoms with Crippen molar-refractivity contribution in [2.75, 3.05) is 20.6 Å². The molecule has 3 rings (SSSR count). The molecular weight excluding hydrogens is 431 g/mol. The SMILES string of the molecule is CN(C)C[C@H](NS(=O)(=O)c1ccc(OC2CCCC2)cc1)c1ccc(Cl)c(Cl)c1. The minimum absolute atomic E-state index is 0.195. The largest absolute Gasteiger partial charge is 0.490 e. The molecule has 0 amide bonds. The Hall–Kier alpha value is -1.31. The molecular formula is C21H26Cl2N2O3S. The van der Waals surface area contributed by atoms with Gasteiger partial charge in [0.1, 0.15) is 5.75 Å². The molecule has 0 aromatic heterocycles. The van der Waals surface area contributed by atoms with Crippen LogP contribution in [0.1, 0.15) is 37.3 Å². The number of halogens is 2. The molecule has 1 atom stereocenters. The molecule has 0 saturated heterocycles. The van der Waals surface area contributed by atoms with Gasteiger partial charge in [-0.1, -0.05) is 29.3 Å². The standard InChI is InChI=1S/C21H26Cl2N2O3S/c1-25(2)14-21(15-7-12-19(22)20(23)13-15)24-29(26,27)18-10-8-17(9-11-18)28-16-5-3-4-6-16/h7-13,16,21,24H,3-6,14H2,1-2H3/t21-/m0/s1. The van der Waals surface area contributed by atoms with Crippen molar-refractivity contribution >= 4 is 33.2 Å². The van der Waals surface area contributed by atoms with Gasteiger partial charge in [0.05, 0.1) is 27.1 Å². The lowest BCUT2D eigenvalue weighted by molar-refractivity contribution is 0.210. The van der Waals surface area contributed by atoms with Crippen LogP contribution in [-0.4, -0.2) is 40.1 Å². The number of nitrogens with zero attached hydrogens (tertiary/aromatic N) is 1. The van der Waals surface area contributed by atoms with E-state index in [4.69, 9.17) is 27.9 Å². The number of hydrogen-bond donors (Lipinski definition) is 1. The topological polar surface area (TPSA) is 58.6 Å². The molecule has 8 heteroatoms. The van der Waals surface area contributed by atoms with E-state index in [-0.39, 0.29) is 11.0 Å². The third kappa shape index (κ3) is 6.09. The quantitative estimate of drug-likeness (QED) is 0.613. The molecule has 1 aliphatic rings. The Morgan fingerprint density at radius 2 is 1.72 bits per heavy atom. The summed E-state index contributed by atoms with van der Waals surface area (Å²) in [6.07, 6.45) is 4.70. The average Bonchev–Trinajstić information content (AvgIpc) is 3.16. The first-order valence-electron chi connectivity index (χ1n) is 9.63. The van der Waals surface area contributed by atoms with Gasteiger partial charge in [0.15, 0.2) is 0 Å². The van der Waals surface area contributed by atoms with E-state index >= 15 is 0 Å². The summed E-state index contributed by atoms with van der Waals surface area (Å²) in [6.45, 7) is 0.472. The molecule has 1 N–H and O–H groups in total. The van der Waals surface area contributed by atoms with Crippen molar-refractivity contribution in [3.05, 3.63) is 58.1 Å². The van der Waals surface area contributed by atoms with Crippen LogP contribution in [0, 0.1) is 0 Å². The van der Waals surface area contributed by atoms with Crippen molar-refractivity contribution < 1.29 is 13.2 Å². The minimum Gasteiger partial charge on any atom is -0.490 e. The number of sulfonamides is 1. The minimum atomic E-state index is -3.73. The zero-order valence-electron chi connectivity index (χ0n) is 16.6. The Labute approximate surface area is 183 Å². The Kier molecular flexibility index (Phi) is 7.46. The van der Waals surface area contributed by atoms with Crippen LogP contribution in [0.25, 0.3) is 0 Å². The lowest BCUT2D eigenvalue weighted by atomic mass is 10.1. The van der Waals surface area contributed by atoms with E-state index in [9.17, 15) is 8.42 Å². The molecule has 1 fully saturated rings. The molecule has 1 aliphatic carbocycles. The molecule has 0 aliphatic heterocycles. The molecule has 0 radical (unpaired) electrons. The van der Waals surface area contributed by atoms with Gasteiger partial charge in [0.25, 0.3) is 0 Å². The van der Waals surface area contributed by atoms with E-state index < -0.39 is 16.1 Å². The normalized spacial score (nSPS) is 16.3. The molecule has 0 unspecified atom stereocenters. The lowest BCUT2D eigenvalue weighted by Crippen LogP contribution is -2.35. The average molecular weight is 457 g/mol. The van der Waals surface area contributed by atoms with Crippen LogP contribution < -0.4 is 9.46 Å². The molecule has 0 heterocycles. The second-order valence-corrected chi connectivity index (χ2v) is 10.1. The van der Waals surface area contributed by atoms with Gasteiger partial charge in [-0.25, -0.2) is 13.1 Å². The van der Waals surface area contributed by atoms with Gasteiger partial charge in [-0.15, -0.1) is 0 Å². The van der Waals surface area contributed by atoms with Crippen molar-refractivity contribution in [1.82, 2.24) is 9.62 Å². The fourth-order valence-electron chi connectivity index (χ4n) is 3.46. The summed E-state index contributed by atoms with van der Waals surface area (Å²) in [6, 6.07) is 11.3. The molecule has 2 aromatic rings. The molecule has 0 spiro atoms. The molecule has 1 saturated carbocycles. The maximum absolute atomic E-state index is 13.0. The highest BCUT2D eigenvalue weighted by Crippen LogP contribution is 2.28. The van der Waals surface area contributed by atoms with Gasteiger partial charge in [0.2, 0.25) is 10.0 Å². The summed E-state index contributed by atoms with van der Waals surface area (Å²) in [5.74, 6) is 0.699. The Bertz CT molecular complexity index is 927. The third-order valence-electron chi connectivity index (χ3n) is 4.93. The van der Waals surface area contributed by atoms with Gasteiger partial charge in [-0.2, -0.15) is 0 Å². The highest BCUT2D eigenvalue weighted by Gasteiger charge is 2.23. The van der Waals surface area contributed by atoms with Crippen molar-refractivity contribution in [3.8, 4) is 5.75 Å². The van der Waals surface area contributed by atoms with E-state index in [1.54, 1.807) is 42.5 Å². The summed E-state index contributed by atoms with van der Waals surface area (Å²) in [5.41, 5.74) is 0.748. The smallest absolute Gasteiger partial charge is 0.241 e. The van der Waals surface area contributed by atoms with E-state index in [0.29, 0.717) is 22.3 Å². The summed E-state index contributed by atoms with van der Waals surface area (Å²) < 4.78 is 34.7. The van der Waals surface area contributed by atoms with Crippen LogP contribution in [-0.2, 0) is 10.0 Å². The van der Waals surface area contributed by atoms with Crippen LogP contribution in [0.3, 0.4) is 0 Å². The lowest BCUT2D eigenvalue weighted by Gasteiger charge is -2.23. The maximum Gasteiger partial charge on any atom is 0.241 e. The monoisotopic (exact) mass is 456 g/mol. The highest BCUT2D eigenvalue weighted by molar-refractivity contribution is 7.89. The summed E-state index contributed by atoms with van der Waals surface area (Å²) in [4.78, 5) is 2.11. The zero-order chi connectivity index (χ0) is 21.0. The number of hydrogen-bond acceptors (Lipinski definition) is 4. The predicted octanol–water partition coefficient (Wildman–Crippen LogP) is 4.90. The van der Waals surface area contributed by atoms with E-state index in [2.05, 4.69) is 4.72 Å². The first-order chi connectivity index (χ1) is 13.7. The van der Waals surface area contributed by atoms with Crippen LogP contribution in [0.4, 0.5) is 0 Å². The number of rotatable bonds is 8. The predicted molar refractivity (Wildman–Crippen MR) is 117 cm³/mol. The third-order valence-corrected chi connectivity index (χ3v) is 7.16. The second-order valence-electron chi connectivity index (χ2n) is 7.61. The zero-order valence-corrected chi connectivity index (χ0v) is 18.9. The maximum atomic E-state index is 13.0. The van der Waals surface area contributed by atoms with Gasteiger partial charge >= 0.3 is 0 Å². The van der Waals surface area contributed by atoms with Crippen molar-refractivity contribution in [2.45, 2.75) is 42.7 Å². The Morgan fingerprint density at radius 3 is 2.31 bits per heavy atom. The second kappa shape index (κ2) is 9.67. The highest BCUT2D eigenvalue weighted by atomic mass is 35.5. The fourth-order valence-corrected chi connectivity index (χ4v) is 4.98. The van der Waals surface area contributed by atoms with Crippen LogP contribution >= 0.6 is 23.2 Å². The van der Waals surface area contributed by atoms with E-state index in [1.807, 2.05) is 19.0 Å². The summed E-state index contributed by atoms with van der Waals surface area (Å²) in [5, 5.41) is 0.820. The first kappa shape index (κ1) is 22.4. The molecule has 158 valence electrons. The van der Waals surface area contributed by atoms with Crippen LogP contribution in [0.5, 0.6) is 5.75 Å². The molecule has 29 heavy (non-hydrogen) atoms. The van der Waals surface area contributed by atoms with Crippen LogP contribution in [0.15, 0.2) is 47.4 Å². The number of likely N-dealkylation sites (N-methyl/N-ethyl adjacent to an activating group) is 1. The number of nitrogens with one attached hydrogen (secondary N) is 1. The van der Waals surface area contributed by atoms with Gasteiger partial charge in [0, 0.05) is 6.54 Å². The number of benzene rings is 2. The first-order valence-corrected chi connectivity index (χ1v) is 11.9. The van der Waals surface area contributed by atoms with Gasteiger partial charge in [-0.05, 0) is 81.7 Å². The van der Waals surface area contributed by atoms with Crippen LogP contribution in [0.2, 0.25) is 10.0 Å². The molecule has 5 nitrogen and oxygen atoms in total. The van der Waals surface area contributed by atoms with Crippen molar-refractivity contribution in [1.29, 1.82) is 0 Å². The van der Waals surface area contributed by atoms with Gasteiger partial charge < -0.3 is 9.64 Å². The van der Waals surface area contributed by atoms with Crippen molar-refractivity contribution in [3.63, 3.8) is 0 Å². The summed E-state index contributed by atoms with van der Waals surface area (Å²) >= 11 is 12.1. The van der Waals surface area contributed by atoms with E-state index in [0.717, 1.165) is 18.4 Å². The van der Waals surface area contributed by atoms with Gasteiger partial charge in [-0.3, -0.25) is 0 Å². The summed E-state index contributed by atoms with van der Waals surface area (Å²) in [7, 11) is 0.0373.